The summed E-state index contributed by atoms with van der Waals surface area (Å²) in [5, 5.41) is 15.4. The summed E-state index contributed by atoms with van der Waals surface area (Å²) in [7, 11) is 2.00. The first-order chi connectivity index (χ1) is 13.0. The lowest BCUT2D eigenvalue weighted by atomic mass is 10.1. The molecule has 3 N–H and O–H groups in total. The van der Waals surface area contributed by atoms with Crippen LogP contribution >= 0.6 is 24.0 Å². The number of hydrogen-bond acceptors (Lipinski definition) is 3. The summed E-state index contributed by atoms with van der Waals surface area (Å²) in [6, 6.07) is 14.6. The molecule has 0 aromatic heterocycles. The normalized spacial score (nSPS) is 10.8. The number of benzene rings is 2. The van der Waals surface area contributed by atoms with E-state index in [2.05, 4.69) is 51.7 Å². The molecular formula is C21H29IN4O2. The van der Waals surface area contributed by atoms with Crippen molar-refractivity contribution in [3.63, 3.8) is 0 Å². The molecule has 0 aliphatic heterocycles. The molecule has 0 saturated carbocycles. The number of carbonyl (C=O) groups is 1. The second-order valence-corrected chi connectivity index (χ2v) is 6.38. The molecular weight excluding hydrogens is 467 g/mol. The molecule has 0 aliphatic rings. The average molecular weight is 496 g/mol. The summed E-state index contributed by atoms with van der Waals surface area (Å²) >= 11 is 0. The van der Waals surface area contributed by atoms with E-state index in [1.54, 1.807) is 12.1 Å². The highest BCUT2D eigenvalue weighted by Gasteiger charge is 2.07. The fourth-order valence-corrected chi connectivity index (χ4v) is 2.56. The highest BCUT2D eigenvalue weighted by atomic mass is 127. The van der Waals surface area contributed by atoms with E-state index in [4.69, 9.17) is 0 Å². The van der Waals surface area contributed by atoms with Gasteiger partial charge in [-0.2, -0.15) is 0 Å². The molecule has 2 rings (SSSR count). The zero-order valence-electron chi connectivity index (χ0n) is 16.6. The molecule has 0 spiro atoms. The van der Waals surface area contributed by atoms with Gasteiger partial charge in [0.05, 0.1) is 6.54 Å². The van der Waals surface area contributed by atoms with Crippen molar-refractivity contribution >= 4 is 35.8 Å². The van der Waals surface area contributed by atoms with Crippen molar-refractivity contribution in [3.05, 3.63) is 65.2 Å². The molecule has 0 atom stereocenters. The summed E-state index contributed by atoms with van der Waals surface area (Å²) < 4.78 is 0. The minimum Gasteiger partial charge on any atom is -0.508 e. The first-order valence-corrected chi connectivity index (χ1v) is 9.12. The molecule has 0 unspecified atom stereocenters. The summed E-state index contributed by atoms with van der Waals surface area (Å²) in [5.41, 5.74) is 2.97. The Hall–Kier alpha value is -2.29. The Morgan fingerprint density at radius 2 is 1.71 bits per heavy atom. The molecule has 0 fully saturated rings. The van der Waals surface area contributed by atoms with Crippen LogP contribution in [0.25, 0.3) is 0 Å². The number of guanidine groups is 1. The van der Waals surface area contributed by atoms with Gasteiger partial charge < -0.3 is 20.6 Å². The standard InChI is InChI=1S/C21H28N4O2.HI/c1-4-22-21(25(3)15-17-7-5-16(2)6-8-17)24-14-13-23-20(27)18-9-11-19(26)12-10-18;/h5-12,26H,4,13-15H2,1-3H3,(H,22,24)(H,23,27);1H. The molecule has 0 saturated heterocycles. The van der Waals surface area contributed by atoms with Crippen LogP contribution in [0, 0.1) is 6.92 Å². The number of carbonyl (C=O) groups excluding carboxylic acids is 1. The topological polar surface area (TPSA) is 77.0 Å². The second-order valence-electron chi connectivity index (χ2n) is 6.38. The zero-order valence-corrected chi connectivity index (χ0v) is 18.9. The van der Waals surface area contributed by atoms with Crippen LogP contribution in [0.2, 0.25) is 0 Å². The molecule has 6 nitrogen and oxygen atoms in total. The maximum atomic E-state index is 12.1. The Morgan fingerprint density at radius 3 is 2.32 bits per heavy atom. The van der Waals surface area contributed by atoms with E-state index in [-0.39, 0.29) is 35.6 Å². The molecule has 152 valence electrons. The molecule has 2 aromatic carbocycles. The minimum absolute atomic E-state index is 0. The second kappa shape index (κ2) is 12.2. The van der Waals surface area contributed by atoms with Crippen LogP contribution in [0.15, 0.2) is 53.5 Å². The zero-order chi connectivity index (χ0) is 19.6. The van der Waals surface area contributed by atoms with Gasteiger partial charge in [0.1, 0.15) is 5.75 Å². The van der Waals surface area contributed by atoms with E-state index in [0.717, 1.165) is 19.0 Å². The van der Waals surface area contributed by atoms with E-state index < -0.39 is 0 Å². The Bertz CT molecular complexity index is 761. The van der Waals surface area contributed by atoms with E-state index in [1.807, 2.05) is 14.0 Å². The lowest BCUT2D eigenvalue weighted by Crippen LogP contribution is -2.39. The Labute approximate surface area is 184 Å². The van der Waals surface area contributed by atoms with Crippen molar-refractivity contribution in [1.82, 2.24) is 15.5 Å². The van der Waals surface area contributed by atoms with Crippen molar-refractivity contribution in [2.75, 3.05) is 26.7 Å². The van der Waals surface area contributed by atoms with Crippen molar-refractivity contribution in [2.24, 2.45) is 4.99 Å². The van der Waals surface area contributed by atoms with E-state index in [9.17, 15) is 9.90 Å². The number of phenols is 1. The van der Waals surface area contributed by atoms with Crippen LogP contribution in [0.3, 0.4) is 0 Å². The quantitative estimate of drug-likeness (QED) is 0.238. The molecule has 0 bridgehead atoms. The van der Waals surface area contributed by atoms with Crippen LogP contribution in [0.4, 0.5) is 0 Å². The van der Waals surface area contributed by atoms with Gasteiger partial charge in [0.15, 0.2) is 5.96 Å². The SMILES string of the molecule is CCNC(=NCCNC(=O)c1ccc(O)cc1)N(C)Cc1ccc(C)cc1.I. The third-order valence-electron chi connectivity index (χ3n) is 4.03. The Kier molecular flexibility index (Phi) is 10.4. The number of halogens is 1. The maximum Gasteiger partial charge on any atom is 0.251 e. The highest BCUT2D eigenvalue weighted by Crippen LogP contribution is 2.09. The fraction of sp³-hybridized carbons (Fsp3) is 0.333. The van der Waals surface area contributed by atoms with Gasteiger partial charge >= 0.3 is 0 Å². The summed E-state index contributed by atoms with van der Waals surface area (Å²) in [5.74, 6) is 0.767. The smallest absolute Gasteiger partial charge is 0.251 e. The van der Waals surface area contributed by atoms with Crippen LogP contribution in [0.1, 0.15) is 28.4 Å². The van der Waals surface area contributed by atoms with Gasteiger partial charge in [-0.25, -0.2) is 0 Å². The number of rotatable bonds is 7. The van der Waals surface area contributed by atoms with Gasteiger partial charge in [0.25, 0.3) is 5.91 Å². The first-order valence-electron chi connectivity index (χ1n) is 9.12. The molecule has 1 amide bonds. The lowest BCUT2D eigenvalue weighted by molar-refractivity contribution is 0.0955. The minimum atomic E-state index is -0.178. The van der Waals surface area contributed by atoms with Crippen LogP contribution in [-0.4, -0.2) is 48.6 Å². The molecule has 28 heavy (non-hydrogen) atoms. The largest absolute Gasteiger partial charge is 0.508 e. The number of amides is 1. The van der Waals surface area contributed by atoms with Crippen molar-refractivity contribution in [3.8, 4) is 5.75 Å². The maximum absolute atomic E-state index is 12.1. The molecule has 0 heterocycles. The van der Waals surface area contributed by atoms with Crippen molar-refractivity contribution in [1.29, 1.82) is 0 Å². The molecule has 7 heteroatoms. The Balaban J connectivity index is 0.00000392. The van der Waals surface area contributed by atoms with E-state index in [1.165, 1.54) is 23.3 Å². The third kappa shape index (κ3) is 7.75. The number of nitrogens with zero attached hydrogens (tertiary/aromatic N) is 2. The van der Waals surface area contributed by atoms with E-state index in [0.29, 0.717) is 18.7 Å². The predicted molar refractivity (Wildman–Crippen MR) is 124 cm³/mol. The van der Waals surface area contributed by atoms with Crippen LogP contribution in [0.5, 0.6) is 5.75 Å². The predicted octanol–water partition coefficient (Wildman–Crippen LogP) is 3.15. The fourth-order valence-electron chi connectivity index (χ4n) is 2.56. The van der Waals surface area contributed by atoms with E-state index >= 15 is 0 Å². The number of phenolic OH excluding ortho intramolecular Hbond substituents is 1. The highest BCUT2D eigenvalue weighted by molar-refractivity contribution is 14.0. The number of nitrogens with one attached hydrogen (secondary N) is 2. The van der Waals surface area contributed by atoms with Gasteiger partial charge in [-0.15, -0.1) is 24.0 Å². The van der Waals surface area contributed by atoms with Gasteiger partial charge in [0.2, 0.25) is 0 Å². The molecule has 2 aromatic rings. The third-order valence-corrected chi connectivity index (χ3v) is 4.03. The van der Waals surface area contributed by atoms with Crippen molar-refractivity contribution in [2.45, 2.75) is 20.4 Å². The summed E-state index contributed by atoms with van der Waals surface area (Å²) in [6.07, 6.45) is 0. The van der Waals surface area contributed by atoms with Crippen LogP contribution < -0.4 is 10.6 Å². The number of hydrogen-bond donors (Lipinski definition) is 3. The number of aromatic hydroxyl groups is 1. The van der Waals surface area contributed by atoms with Gasteiger partial charge in [-0.1, -0.05) is 29.8 Å². The summed E-state index contributed by atoms with van der Waals surface area (Å²) in [4.78, 5) is 18.7. The summed E-state index contributed by atoms with van der Waals surface area (Å²) in [6.45, 7) is 6.55. The lowest BCUT2D eigenvalue weighted by Gasteiger charge is -2.22. The number of aliphatic imine (C=N–C) groups is 1. The van der Waals surface area contributed by atoms with Crippen LogP contribution in [-0.2, 0) is 6.54 Å². The van der Waals surface area contributed by atoms with Gasteiger partial charge in [0, 0.05) is 32.2 Å². The van der Waals surface area contributed by atoms with Gasteiger partial charge in [-0.3, -0.25) is 9.79 Å². The van der Waals surface area contributed by atoms with Gasteiger partial charge in [-0.05, 0) is 43.7 Å². The monoisotopic (exact) mass is 496 g/mol. The number of aryl methyl sites for hydroxylation is 1. The average Bonchev–Trinajstić information content (AvgIpc) is 2.66. The molecule has 0 radical (unpaired) electrons. The van der Waals surface area contributed by atoms with Crippen molar-refractivity contribution < 1.29 is 9.90 Å². The Morgan fingerprint density at radius 1 is 1.07 bits per heavy atom. The first kappa shape index (κ1) is 23.7. The molecule has 0 aliphatic carbocycles.